The molecule has 0 radical (unpaired) electrons. The van der Waals surface area contributed by atoms with Gasteiger partial charge in [0.2, 0.25) is 0 Å². The highest BCUT2D eigenvalue weighted by molar-refractivity contribution is 7.18. The van der Waals surface area contributed by atoms with Gasteiger partial charge in [0.15, 0.2) is 0 Å². The summed E-state index contributed by atoms with van der Waals surface area (Å²) in [5.74, 6) is 0. The molecule has 0 saturated carbocycles. The standard InChI is InChI=1S/C19H16N2O3S/c1-10-4-5-14-13(7-16(22)24-15(14)6-10)8-21-9-20-18-17(19(21)23)11(2)12(3)25-18/h4-7,9H,8H2,1-3H3. The lowest BCUT2D eigenvalue weighted by Gasteiger charge is -2.08. The summed E-state index contributed by atoms with van der Waals surface area (Å²) in [6.45, 7) is 6.15. The second-order valence-corrected chi connectivity index (χ2v) is 7.43. The van der Waals surface area contributed by atoms with Crippen LogP contribution >= 0.6 is 11.3 Å². The predicted molar refractivity (Wildman–Crippen MR) is 99.7 cm³/mol. The number of benzene rings is 1. The maximum absolute atomic E-state index is 12.9. The molecule has 0 atom stereocenters. The monoisotopic (exact) mass is 352 g/mol. The number of rotatable bonds is 2. The number of aromatic nitrogens is 2. The average molecular weight is 352 g/mol. The fraction of sp³-hybridized carbons (Fsp3) is 0.211. The molecule has 0 fully saturated rings. The molecule has 0 aliphatic heterocycles. The van der Waals surface area contributed by atoms with Crippen molar-refractivity contribution in [3.8, 4) is 0 Å². The van der Waals surface area contributed by atoms with E-state index in [1.54, 1.807) is 10.9 Å². The summed E-state index contributed by atoms with van der Waals surface area (Å²) in [4.78, 5) is 31.0. The molecular weight excluding hydrogens is 336 g/mol. The molecule has 25 heavy (non-hydrogen) atoms. The quantitative estimate of drug-likeness (QED) is 0.518. The number of nitrogens with zero attached hydrogens (tertiary/aromatic N) is 2. The van der Waals surface area contributed by atoms with Gasteiger partial charge in [0.25, 0.3) is 5.56 Å². The second kappa shape index (κ2) is 5.67. The third-order valence-electron chi connectivity index (χ3n) is 4.48. The van der Waals surface area contributed by atoms with Gasteiger partial charge in [-0.15, -0.1) is 11.3 Å². The molecule has 1 aromatic carbocycles. The first-order chi connectivity index (χ1) is 11.9. The minimum Gasteiger partial charge on any atom is -0.423 e. The summed E-state index contributed by atoms with van der Waals surface area (Å²) in [6.07, 6.45) is 1.55. The number of hydrogen-bond donors (Lipinski definition) is 0. The molecule has 6 heteroatoms. The minimum atomic E-state index is -0.419. The summed E-state index contributed by atoms with van der Waals surface area (Å²) in [5.41, 5.74) is 2.77. The smallest absolute Gasteiger partial charge is 0.336 e. The lowest BCUT2D eigenvalue weighted by Crippen LogP contribution is -2.21. The zero-order valence-corrected chi connectivity index (χ0v) is 14.9. The molecule has 0 saturated heterocycles. The Balaban J connectivity index is 1.91. The van der Waals surface area contributed by atoms with Crippen LogP contribution in [0.15, 0.2) is 44.6 Å². The van der Waals surface area contributed by atoms with Crippen LogP contribution in [0, 0.1) is 20.8 Å². The van der Waals surface area contributed by atoms with Crippen LogP contribution in [-0.2, 0) is 6.54 Å². The van der Waals surface area contributed by atoms with Gasteiger partial charge in [0.05, 0.1) is 18.3 Å². The zero-order valence-electron chi connectivity index (χ0n) is 14.1. The summed E-state index contributed by atoms with van der Waals surface area (Å²) < 4.78 is 6.84. The van der Waals surface area contributed by atoms with Crippen molar-refractivity contribution in [3.63, 3.8) is 0 Å². The van der Waals surface area contributed by atoms with Crippen molar-refractivity contribution in [1.29, 1.82) is 0 Å². The molecule has 0 bridgehead atoms. The zero-order chi connectivity index (χ0) is 17.7. The molecule has 4 rings (SSSR count). The number of thiophene rings is 1. The fourth-order valence-corrected chi connectivity index (χ4v) is 4.02. The van der Waals surface area contributed by atoms with Gasteiger partial charge in [-0.1, -0.05) is 12.1 Å². The van der Waals surface area contributed by atoms with E-state index in [1.165, 1.54) is 17.4 Å². The van der Waals surface area contributed by atoms with Crippen molar-refractivity contribution in [2.45, 2.75) is 27.3 Å². The van der Waals surface area contributed by atoms with E-state index >= 15 is 0 Å². The highest BCUT2D eigenvalue weighted by Crippen LogP contribution is 2.26. The van der Waals surface area contributed by atoms with Crippen LogP contribution in [0.1, 0.15) is 21.6 Å². The van der Waals surface area contributed by atoms with Gasteiger partial charge in [-0.25, -0.2) is 9.78 Å². The molecule has 4 aromatic rings. The molecule has 0 unspecified atom stereocenters. The van der Waals surface area contributed by atoms with E-state index in [1.807, 2.05) is 39.0 Å². The molecule has 0 aliphatic carbocycles. The van der Waals surface area contributed by atoms with Gasteiger partial charge in [-0.05, 0) is 43.5 Å². The van der Waals surface area contributed by atoms with E-state index < -0.39 is 5.63 Å². The largest absolute Gasteiger partial charge is 0.423 e. The third-order valence-corrected chi connectivity index (χ3v) is 5.60. The van der Waals surface area contributed by atoms with Gasteiger partial charge in [-0.2, -0.15) is 0 Å². The topological polar surface area (TPSA) is 65.1 Å². The van der Waals surface area contributed by atoms with Crippen LogP contribution in [0.25, 0.3) is 21.2 Å². The SMILES string of the molecule is Cc1ccc2c(Cn3cnc4sc(C)c(C)c4c3=O)cc(=O)oc2c1. The second-order valence-electron chi connectivity index (χ2n) is 6.23. The fourth-order valence-electron chi connectivity index (χ4n) is 3.03. The van der Waals surface area contributed by atoms with Crippen molar-refractivity contribution in [2.24, 2.45) is 0 Å². The van der Waals surface area contributed by atoms with Crippen molar-refractivity contribution in [3.05, 3.63) is 72.9 Å². The number of aryl methyl sites for hydroxylation is 3. The minimum absolute atomic E-state index is 0.0830. The van der Waals surface area contributed by atoms with Gasteiger partial charge < -0.3 is 4.42 Å². The number of hydrogen-bond acceptors (Lipinski definition) is 5. The molecule has 126 valence electrons. The lowest BCUT2D eigenvalue weighted by atomic mass is 10.1. The van der Waals surface area contributed by atoms with Crippen LogP contribution in [0.3, 0.4) is 0 Å². The number of fused-ring (bicyclic) bond motifs is 2. The van der Waals surface area contributed by atoms with E-state index in [4.69, 9.17) is 4.42 Å². The Kier molecular flexibility index (Phi) is 3.58. The predicted octanol–water partition coefficient (Wildman–Crippen LogP) is 3.54. The van der Waals surface area contributed by atoms with E-state index in [-0.39, 0.29) is 12.1 Å². The molecule has 0 N–H and O–H groups in total. The van der Waals surface area contributed by atoms with Gasteiger partial charge in [0.1, 0.15) is 10.4 Å². The van der Waals surface area contributed by atoms with Crippen LogP contribution in [0.2, 0.25) is 0 Å². The van der Waals surface area contributed by atoms with Gasteiger partial charge in [-0.3, -0.25) is 9.36 Å². The van der Waals surface area contributed by atoms with E-state index in [0.29, 0.717) is 11.0 Å². The highest BCUT2D eigenvalue weighted by Gasteiger charge is 2.13. The first-order valence-electron chi connectivity index (χ1n) is 7.92. The van der Waals surface area contributed by atoms with E-state index in [2.05, 4.69) is 4.98 Å². The molecular formula is C19H16N2O3S. The van der Waals surface area contributed by atoms with E-state index in [9.17, 15) is 9.59 Å². The van der Waals surface area contributed by atoms with Crippen LogP contribution in [0.5, 0.6) is 0 Å². The Bertz CT molecular complexity index is 1250. The molecule has 5 nitrogen and oxygen atoms in total. The molecule has 0 amide bonds. The first-order valence-corrected chi connectivity index (χ1v) is 8.74. The van der Waals surface area contributed by atoms with Gasteiger partial charge >= 0.3 is 5.63 Å². The Morgan fingerprint density at radius 2 is 1.96 bits per heavy atom. The van der Waals surface area contributed by atoms with Crippen molar-refractivity contribution in [1.82, 2.24) is 9.55 Å². The maximum Gasteiger partial charge on any atom is 0.336 e. The summed E-state index contributed by atoms with van der Waals surface area (Å²) in [6, 6.07) is 7.15. The highest BCUT2D eigenvalue weighted by atomic mass is 32.1. The Labute approximate surface area is 147 Å². The van der Waals surface area contributed by atoms with Crippen LogP contribution in [0.4, 0.5) is 0 Å². The van der Waals surface area contributed by atoms with Crippen molar-refractivity contribution < 1.29 is 4.42 Å². The summed E-state index contributed by atoms with van der Waals surface area (Å²) in [5, 5.41) is 1.49. The maximum atomic E-state index is 12.9. The normalized spacial score (nSPS) is 11.5. The Hall–Kier alpha value is -2.73. The molecule has 0 spiro atoms. The van der Waals surface area contributed by atoms with Crippen molar-refractivity contribution in [2.75, 3.05) is 0 Å². The van der Waals surface area contributed by atoms with Gasteiger partial charge in [0, 0.05) is 16.3 Å². The lowest BCUT2D eigenvalue weighted by molar-refractivity contribution is 0.557. The first kappa shape index (κ1) is 15.8. The Morgan fingerprint density at radius 3 is 2.76 bits per heavy atom. The summed E-state index contributed by atoms with van der Waals surface area (Å²) >= 11 is 1.53. The molecule has 3 aromatic heterocycles. The van der Waals surface area contributed by atoms with Crippen molar-refractivity contribution >= 4 is 32.5 Å². The van der Waals surface area contributed by atoms with Crippen LogP contribution in [-0.4, -0.2) is 9.55 Å². The summed E-state index contributed by atoms with van der Waals surface area (Å²) in [7, 11) is 0. The average Bonchev–Trinajstić information content (AvgIpc) is 2.85. The molecule has 0 aliphatic rings. The third kappa shape index (κ3) is 2.59. The van der Waals surface area contributed by atoms with E-state index in [0.717, 1.165) is 31.8 Å². The van der Waals surface area contributed by atoms with Crippen LogP contribution < -0.4 is 11.2 Å². The Morgan fingerprint density at radius 1 is 1.16 bits per heavy atom. The molecule has 3 heterocycles.